The number of aromatic amines is 1. The van der Waals surface area contributed by atoms with Gasteiger partial charge in [0.2, 0.25) is 10.0 Å². The van der Waals surface area contributed by atoms with Gasteiger partial charge in [-0.2, -0.15) is 17.5 Å². The summed E-state index contributed by atoms with van der Waals surface area (Å²) in [5.41, 5.74) is -0.126. The predicted octanol–water partition coefficient (Wildman–Crippen LogP) is 4.64. The van der Waals surface area contributed by atoms with Gasteiger partial charge in [0.25, 0.3) is 0 Å². The van der Waals surface area contributed by atoms with Crippen molar-refractivity contribution in [1.82, 2.24) is 14.3 Å². The maximum Gasteiger partial charge on any atom is 0.416 e. The van der Waals surface area contributed by atoms with E-state index in [0.717, 1.165) is 36.4 Å². The van der Waals surface area contributed by atoms with Crippen LogP contribution in [-0.2, 0) is 21.6 Å². The Bertz CT molecular complexity index is 929. The minimum absolute atomic E-state index is 0.144. The summed E-state index contributed by atoms with van der Waals surface area (Å²) < 4.78 is 66.0. The number of nitrogens with zero attached hydrogens (tertiary/aromatic N) is 2. The first-order valence-electron chi connectivity index (χ1n) is 9.15. The highest BCUT2D eigenvalue weighted by molar-refractivity contribution is 7.89. The standard InChI is InChI=1S/C19H24F3N3O2S/c1-18(2,3)16-12-23-17(24-16)15-6-4-5-11-25(15)28(26,27)14-9-7-13(8-10-14)19(20,21)22/h7-10,12,15H,4-6,11H2,1-3H3,(H,23,24). The predicted molar refractivity (Wildman–Crippen MR) is 99.2 cm³/mol. The fraction of sp³-hybridized carbons (Fsp3) is 0.526. The lowest BCUT2D eigenvalue weighted by atomic mass is 9.93. The number of alkyl halides is 3. The highest BCUT2D eigenvalue weighted by atomic mass is 32.2. The Morgan fingerprint density at radius 3 is 2.29 bits per heavy atom. The maximum absolute atomic E-state index is 13.1. The highest BCUT2D eigenvalue weighted by Gasteiger charge is 2.37. The Kier molecular flexibility index (Phi) is 5.35. The van der Waals surface area contributed by atoms with E-state index in [9.17, 15) is 21.6 Å². The quantitative estimate of drug-likeness (QED) is 0.794. The van der Waals surface area contributed by atoms with Crippen LogP contribution in [0.25, 0.3) is 0 Å². The van der Waals surface area contributed by atoms with Crippen LogP contribution in [0.4, 0.5) is 13.2 Å². The van der Waals surface area contributed by atoms with Gasteiger partial charge in [0.05, 0.1) is 16.5 Å². The van der Waals surface area contributed by atoms with Crippen LogP contribution in [0.2, 0.25) is 0 Å². The summed E-state index contributed by atoms with van der Waals surface area (Å²) in [7, 11) is -3.94. The van der Waals surface area contributed by atoms with Crippen molar-refractivity contribution in [2.45, 2.75) is 62.6 Å². The molecule has 154 valence electrons. The number of imidazole rings is 1. The van der Waals surface area contributed by atoms with Crippen molar-refractivity contribution in [1.29, 1.82) is 0 Å². The molecule has 1 aliphatic rings. The van der Waals surface area contributed by atoms with Crippen molar-refractivity contribution in [2.24, 2.45) is 0 Å². The van der Waals surface area contributed by atoms with Crippen LogP contribution in [0.1, 0.15) is 63.2 Å². The van der Waals surface area contributed by atoms with Gasteiger partial charge in [-0.05, 0) is 37.1 Å². The molecule has 1 N–H and O–H groups in total. The summed E-state index contributed by atoms with van der Waals surface area (Å²) >= 11 is 0. The molecule has 2 aromatic rings. The summed E-state index contributed by atoms with van der Waals surface area (Å²) in [4.78, 5) is 7.50. The largest absolute Gasteiger partial charge is 0.416 e. The monoisotopic (exact) mass is 415 g/mol. The second-order valence-electron chi connectivity index (χ2n) is 8.08. The first-order chi connectivity index (χ1) is 12.9. The molecule has 0 amide bonds. The third-order valence-electron chi connectivity index (χ3n) is 4.96. The van der Waals surface area contributed by atoms with Crippen molar-refractivity contribution >= 4 is 10.0 Å². The molecular weight excluding hydrogens is 391 g/mol. The Morgan fingerprint density at radius 2 is 1.75 bits per heavy atom. The second-order valence-corrected chi connectivity index (χ2v) is 9.97. The molecular formula is C19H24F3N3O2S. The molecule has 0 aliphatic carbocycles. The number of rotatable bonds is 3. The lowest BCUT2D eigenvalue weighted by molar-refractivity contribution is -0.137. The van der Waals surface area contributed by atoms with Crippen LogP contribution >= 0.6 is 0 Å². The fourth-order valence-corrected chi connectivity index (χ4v) is 4.96. The van der Waals surface area contributed by atoms with E-state index in [0.29, 0.717) is 25.2 Å². The summed E-state index contributed by atoms with van der Waals surface area (Å²) in [5, 5.41) is 0. The third-order valence-corrected chi connectivity index (χ3v) is 6.88. The zero-order chi connectivity index (χ0) is 20.7. The smallest absolute Gasteiger partial charge is 0.344 e. The molecule has 1 unspecified atom stereocenters. The van der Waals surface area contributed by atoms with Gasteiger partial charge in [-0.1, -0.05) is 27.2 Å². The van der Waals surface area contributed by atoms with Crippen molar-refractivity contribution in [3.05, 3.63) is 47.5 Å². The number of piperidine rings is 1. The second kappa shape index (κ2) is 7.18. The summed E-state index contributed by atoms with van der Waals surface area (Å²) in [6, 6.07) is 3.18. The number of aromatic nitrogens is 2. The van der Waals surface area contributed by atoms with Gasteiger partial charge in [0, 0.05) is 23.9 Å². The Balaban J connectivity index is 1.93. The van der Waals surface area contributed by atoms with Crippen molar-refractivity contribution in [2.75, 3.05) is 6.54 Å². The minimum Gasteiger partial charge on any atom is -0.344 e. The van der Waals surface area contributed by atoms with E-state index < -0.39 is 27.8 Å². The van der Waals surface area contributed by atoms with Gasteiger partial charge in [-0.3, -0.25) is 0 Å². The topological polar surface area (TPSA) is 66.1 Å². The van der Waals surface area contributed by atoms with E-state index >= 15 is 0 Å². The Morgan fingerprint density at radius 1 is 1.11 bits per heavy atom. The molecule has 3 rings (SSSR count). The molecule has 1 atom stereocenters. The number of hydrogen-bond donors (Lipinski definition) is 1. The van der Waals surface area contributed by atoms with Crippen LogP contribution < -0.4 is 0 Å². The number of nitrogens with one attached hydrogen (secondary N) is 1. The molecule has 0 saturated carbocycles. The normalized spacial score (nSPS) is 19.7. The average molecular weight is 415 g/mol. The van der Waals surface area contributed by atoms with Crippen LogP contribution in [0.3, 0.4) is 0 Å². The molecule has 9 heteroatoms. The fourth-order valence-electron chi connectivity index (χ4n) is 3.30. The van der Waals surface area contributed by atoms with E-state index in [1.807, 2.05) is 20.8 Å². The molecule has 1 aromatic carbocycles. The highest BCUT2D eigenvalue weighted by Crippen LogP contribution is 2.36. The molecule has 0 spiro atoms. The van der Waals surface area contributed by atoms with Crippen molar-refractivity contribution in [3.8, 4) is 0 Å². The molecule has 1 aliphatic heterocycles. The van der Waals surface area contributed by atoms with Crippen LogP contribution in [0.15, 0.2) is 35.4 Å². The molecule has 1 aromatic heterocycles. The van der Waals surface area contributed by atoms with Gasteiger partial charge in [0.15, 0.2) is 0 Å². The van der Waals surface area contributed by atoms with Gasteiger partial charge in [0.1, 0.15) is 5.82 Å². The molecule has 28 heavy (non-hydrogen) atoms. The lowest BCUT2D eigenvalue weighted by Crippen LogP contribution is -2.39. The van der Waals surface area contributed by atoms with E-state index in [1.165, 1.54) is 4.31 Å². The summed E-state index contributed by atoms with van der Waals surface area (Å²) in [6.07, 6.45) is -0.629. The Labute approximate surface area is 163 Å². The maximum atomic E-state index is 13.1. The van der Waals surface area contributed by atoms with Gasteiger partial charge < -0.3 is 4.98 Å². The number of hydrogen-bond acceptors (Lipinski definition) is 3. The van der Waals surface area contributed by atoms with E-state index in [1.54, 1.807) is 6.20 Å². The van der Waals surface area contributed by atoms with Crippen LogP contribution in [0, 0.1) is 0 Å². The SMILES string of the molecule is CC(C)(C)c1cnc(C2CCCCN2S(=O)(=O)c2ccc(C(F)(F)F)cc2)[nH]1. The zero-order valence-electron chi connectivity index (χ0n) is 16.0. The summed E-state index contributed by atoms with van der Waals surface area (Å²) in [5.74, 6) is 0.570. The van der Waals surface area contributed by atoms with Crippen molar-refractivity contribution in [3.63, 3.8) is 0 Å². The molecule has 1 saturated heterocycles. The molecule has 5 nitrogen and oxygen atoms in total. The average Bonchev–Trinajstić information content (AvgIpc) is 3.11. The van der Waals surface area contributed by atoms with E-state index in [4.69, 9.17) is 0 Å². The van der Waals surface area contributed by atoms with Crippen LogP contribution in [-0.4, -0.2) is 29.2 Å². The number of benzene rings is 1. The summed E-state index contributed by atoms with van der Waals surface area (Å²) in [6.45, 7) is 6.39. The molecule has 0 bridgehead atoms. The molecule has 0 radical (unpaired) electrons. The van der Waals surface area contributed by atoms with Gasteiger partial charge in [-0.15, -0.1) is 0 Å². The molecule has 2 heterocycles. The van der Waals surface area contributed by atoms with Gasteiger partial charge in [-0.25, -0.2) is 13.4 Å². The van der Waals surface area contributed by atoms with Crippen molar-refractivity contribution < 1.29 is 21.6 Å². The first kappa shape index (κ1) is 20.9. The van der Waals surface area contributed by atoms with Crippen LogP contribution in [0.5, 0.6) is 0 Å². The number of halogens is 3. The third kappa shape index (κ3) is 4.10. The first-order valence-corrected chi connectivity index (χ1v) is 10.6. The number of H-pyrrole nitrogens is 1. The zero-order valence-corrected chi connectivity index (χ0v) is 16.9. The lowest BCUT2D eigenvalue weighted by Gasteiger charge is -2.33. The Hall–Kier alpha value is -1.87. The number of sulfonamides is 1. The van der Waals surface area contributed by atoms with Gasteiger partial charge >= 0.3 is 6.18 Å². The minimum atomic E-state index is -4.51. The van der Waals surface area contributed by atoms with E-state index in [2.05, 4.69) is 9.97 Å². The van der Waals surface area contributed by atoms with E-state index in [-0.39, 0.29) is 10.3 Å². The molecule has 1 fully saturated rings.